The predicted molar refractivity (Wildman–Crippen MR) is 48.6 cm³/mol. The second-order valence-electron chi connectivity index (χ2n) is 4.52. The van der Waals surface area contributed by atoms with E-state index in [1.165, 1.54) is 7.11 Å². The monoisotopic (exact) mass is 200 g/mol. The second kappa shape index (κ2) is 2.94. The molecule has 0 radical (unpaired) electrons. The Hall–Kier alpha value is -0.610. The van der Waals surface area contributed by atoms with Crippen molar-refractivity contribution in [3.05, 3.63) is 0 Å². The molecule has 1 saturated heterocycles. The fourth-order valence-corrected chi connectivity index (χ4v) is 2.02. The number of ether oxygens (including phenoxy) is 3. The van der Waals surface area contributed by atoms with Gasteiger partial charge >= 0.3 is 5.97 Å². The fourth-order valence-electron chi connectivity index (χ4n) is 2.02. The molecule has 1 spiro atoms. The number of carbonyl (C=O) groups is 1. The highest BCUT2D eigenvalue weighted by atomic mass is 16.7. The van der Waals surface area contributed by atoms with Gasteiger partial charge in [0.1, 0.15) is 0 Å². The van der Waals surface area contributed by atoms with Crippen LogP contribution in [0, 0.1) is 0 Å². The zero-order valence-corrected chi connectivity index (χ0v) is 8.83. The summed E-state index contributed by atoms with van der Waals surface area (Å²) in [5.74, 6) is -0.971. The van der Waals surface area contributed by atoms with Crippen LogP contribution in [0.3, 0.4) is 0 Å². The van der Waals surface area contributed by atoms with Crippen LogP contribution in [0.15, 0.2) is 0 Å². The van der Waals surface area contributed by atoms with Crippen molar-refractivity contribution in [1.82, 2.24) is 0 Å². The van der Waals surface area contributed by atoms with Gasteiger partial charge in [0.05, 0.1) is 12.7 Å². The first-order valence-corrected chi connectivity index (χ1v) is 4.92. The van der Waals surface area contributed by atoms with Crippen LogP contribution in [0.1, 0.15) is 33.1 Å². The minimum atomic E-state index is -0.673. The van der Waals surface area contributed by atoms with Crippen molar-refractivity contribution < 1.29 is 19.0 Å². The number of esters is 1. The van der Waals surface area contributed by atoms with Gasteiger partial charge in [-0.3, -0.25) is 0 Å². The van der Waals surface area contributed by atoms with Crippen LogP contribution in [0.4, 0.5) is 0 Å². The van der Waals surface area contributed by atoms with E-state index in [0.29, 0.717) is 6.42 Å². The van der Waals surface area contributed by atoms with E-state index in [-0.39, 0.29) is 11.6 Å². The van der Waals surface area contributed by atoms with Crippen molar-refractivity contribution in [2.75, 3.05) is 7.11 Å². The minimum absolute atomic E-state index is 0.111. The average Bonchev–Trinajstić information content (AvgIpc) is 2.80. The molecule has 1 saturated carbocycles. The Morgan fingerprint density at radius 1 is 1.43 bits per heavy atom. The van der Waals surface area contributed by atoms with Crippen LogP contribution >= 0.6 is 0 Å². The largest absolute Gasteiger partial charge is 0.467 e. The zero-order valence-electron chi connectivity index (χ0n) is 8.83. The molecule has 0 aromatic rings. The Kier molecular flexibility index (Phi) is 2.08. The predicted octanol–water partition coefficient (Wildman–Crippen LogP) is 1.23. The van der Waals surface area contributed by atoms with Crippen LogP contribution in [-0.4, -0.2) is 30.6 Å². The lowest BCUT2D eigenvalue weighted by atomic mass is 10.1. The highest BCUT2D eigenvalue weighted by Crippen LogP contribution is 2.50. The molecule has 4 heteroatoms. The average molecular weight is 200 g/mol. The van der Waals surface area contributed by atoms with Gasteiger partial charge in [0.2, 0.25) is 0 Å². The summed E-state index contributed by atoms with van der Waals surface area (Å²) < 4.78 is 16.0. The normalized spacial score (nSPS) is 32.6. The smallest absolute Gasteiger partial charge is 0.335 e. The standard InChI is InChI=1S/C10H16O4/c1-9(2)13-7(8(11)12-3)6-10(14-9)4-5-10/h7H,4-6H2,1-3H3/t7-/m0/s1. The van der Waals surface area contributed by atoms with E-state index in [2.05, 4.69) is 4.74 Å². The highest BCUT2D eigenvalue weighted by Gasteiger charge is 2.55. The summed E-state index contributed by atoms with van der Waals surface area (Å²) in [5.41, 5.74) is -0.111. The number of hydrogen-bond acceptors (Lipinski definition) is 4. The summed E-state index contributed by atoms with van der Waals surface area (Å²) in [7, 11) is 1.38. The zero-order chi connectivity index (χ0) is 10.4. The fraction of sp³-hybridized carbons (Fsp3) is 0.900. The summed E-state index contributed by atoms with van der Waals surface area (Å²) in [4.78, 5) is 11.4. The third-order valence-electron chi connectivity index (χ3n) is 2.72. The molecule has 0 amide bonds. The first-order chi connectivity index (χ1) is 6.46. The maximum absolute atomic E-state index is 11.4. The van der Waals surface area contributed by atoms with Crippen molar-refractivity contribution in [3.63, 3.8) is 0 Å². The van der Waals surface area contributed by atoms with Crippen LogP contribution in [-0.2, 0) is 19.0 Å². The molecule has 1 heterocycles. The first-order valence-electron chi connectivity index (χ1n) is 4.92. The molecule has 1 aliphatic heterocycles. The molecule has 1 atom stereocenters. The van der Waals surface area contributed by atoms with Gasteiger partial charge in [-0.1, -0.05) is 0 Å². The summed E-state index contributed by atoms with van der Waals surface area (Å²) in [6.45, 7) is 3.67. The van der Waals surface area contributed by atoms with E-state index < -0.39 is 11.9 Å². The lowest BCUT2D eigenvalue weighted by Crippen LogP contribution is -2.48. The molecule has 4 nitrogen and oxygen atoms in total. The quantitative estimate of drug-likeness (QED) is 0.597. The summed E-state index contributed by atoms with van der Waals surface area (Å²) in [5, 5.41) is 0. The summed E-state index contributed by atoms with van der Waals surface area (Å²) in [6, 6.07) is 0. The molecular weight excluding hydrogens is 184 g/mol. The topological polar surface area (TPSA) is 44.8 Å². The Labute approximate surface area is 83.5 Å². The number of carbonyl (C=O) groups excluding carboxylic acids is 1. The first kappa shape index (κ1) is 9.93. The van der Waals surface area contributed by atoms with Gasteiger partial charge in [-0.25, -0.2) is 4.79 Å². The molecule has 0 unspecified atom stereocenters. The molecule has 2 aliphatic rings. The maximum atomic E-state index is 11.4. The lowest BCUT2D eigenvalue weighted by Gasteiger charge is -2.40. The number of hydrogen-bond donors (Lipinski definition) is 0. The molecule has 0 bridgehead atoms. The Morgan fingerprint density at radius 3 is 2.57 bits per heavy atom. The molecular formula is C10H16O4. The van der Waals surface area contributed by atoms with Crippen molar-refractivity contribution in [3.8, 4) is 0 Å². The van der Waals surface area contributed by atoms with Crippen LogP contribution in [0.25, 0.3) is 0 Å². The molecule has 2 rings (SSSR count). The van der Waals surface area contributed by atoms with Crippen molar-refractivity contribution >= 4 is 5.97 Å². The molecule has 80 valence electrons. The molecule has 0 N–H and O–H groups in total. The van der Waals surface area contributed by atoms with Crippen molar-refractivity contribution in [1.29, 1.82) is 0 Å². The molecule has 14 heavy (non-hydrogen) atoms. The minimum Gasteiger partial charge on any atom is -0.467 e. The van der Waals surface area contributed by atoms with E-state index in [4.69, 9.17) is 9.47 Å². The molecule has 0 aromatic heterocycles. The summed E-state index contributed by atoms with van der Waals surface area (Å²) >= 11 is 0. The van der Waals surface area contributed by atoms with E-state index in [1.807, 2.05) is 13.8 Å². The third-order valence-corrected chi connectivity index (χ3v) is 2.72. The van der Waals surface area contributed by atoms with Gasteiger partial charge in [-0.15, -0.1) is 0 Å². The van der Waals surface area contributed by atoms with Crippen LogP contribution in [0.2, 0.25) is 0 Å². The van der Waals surface area contributed by atoms with E-state index >= 15 is 0 Å². The summed E-state index contributed by atoms with van der Waals surface area (Å²) in [6.07, 6.45) is 2.20. The third kappa shape index (κ3) is 1.77. The van der Waals surface area contributed by atoms with Gasteiger partial charge < -0.3 is 14.2 Å². The van der Waals surface area contributed by atoms with Gasteiger partial charge in [0.15, 0.2) is 11.9 Å². The molecule has 1 aliphatic carbocycles. The Bertz CT molecular complexity index is 249. The lowest BCUT2D eigenvalue weighted by molar-refractivity contribution is -0.306. The van der Waals surface area contributed by atoms with Gasteiger partial charge in [0, 0.05) is 6.42 Å². The molecule has 2 fully saturated rings. The molecule has 0 aromatic carbocycles. The van der Waals surface area contributed by atoms with E-state index in [9.17, 15) is 4.79 Å². The van der Waals surface area contributed by atoms with Crippen molar-refractivity contribution in [2.45, 2.75) is 50.6 Å². The van der Waals surface area contributed by atoms with Crippen LogP contribution < -0.4 is 0 Å². The highest BCUT2D eigenvalue weighted by molar-refractivity contribution is 5.74. The van der Waals surface area contributed by atoms with E-state index in [1.54, 1.807) is 0 Å². The second-order valence-corrected chi connectivity index (χ2v) is 4.52. The SMILES string of the molecule is COC(=O)[C@@H]1CC2(CC2)OC(C)(C)O1. The number of rotatable bonds is 1. The Balaban J connectivity index is 2.09. The van der Waals surface area contributed by atoms with Gasteiger partial charge in [0.25, 0.3) is 0 Å². The van der Waals surface area contributed by atoms with Crippen LogP contribution in [0.5, 0.6) is 0 Å². The Morgan fingerprint density at radius 2 is 2.07 bits per heavy atom. The van der Waals surface area contributed by atoms with Gasteiger partial charge in [-0.2, -0.15) is 0 Å². The van der Waals surface area contributed by atoms with E-state index in [0.717, 1.165) is 12.8 Å². The number of methoxy groups -OCH3 is 1. The van der Waals surface area contributed by atoms with Gasteiger partial charge in [-0.05, 0) is 26.7 Å². The maximum Gasteiger partial charge on any atom is 0.335 e. The van der Waals surface area contributed by atoms with Crippen molar-refractivity contribution in [2.24, 2.45) is 0 Å².